The van der Waals surface area contributed by atoms with Crippen molar-refractivity contribution in [2.24, 2.45) is 5.92 Å². The van der Waals surface area contributed by atoms with Gasteiger partial charge in [-0.1, -0.05) is 25.1 Å². The van der Waals surface area contributed by atoms with Crippen LogP contribution in [-0.4, -0.2) is 28.3 Å². The molecule has 0 bridgehead atoms. The van der Waals surface area contributed by atoms with Crippen molar-refractivity contribution in [2.45, 2.75) is 39.2 Å². The number of aromatic nitrogens is 3. The minimum atomic E-state index is -0.694. The second-order valence-corrected chi connectivity index (χ2v) is 8.50. The van der Waals surface area contributed by atoms with E-state index in [0.717, 1.165) is 52.7 Å². The van der Waals surface area contributed by atoms with Gasteiger partial charge >= 0.3 is 5.97 Å². The Balaban J connectivity index is 1.43. The SMILES string of the molecule is COc1ccc(-c2nnc(C(C)OC(=O)c3c4c(nc5ccccc35)CCC(C)C4)o2)cc1. The Bertz CT molecular complexity index is 1310. The molecule has 0 saturated carbocycles. The number of benzene rings is 2. The van der Waals surface area contributed by atoms with Crippen molar-refractivity contribution >= 4 is 16.9 Å². The zero-order valence-electron chi connectivity index (χ0n) is 18.9. The van der Waals surface area contributed by atoms with Crippen molar-refractivity contribution < 1.29 is 18.7 Å². The lowest BCUT2D eigenvalue weighted by Crippen LogP contribution is -2.20. The molecule has 0 radical (unpaired) electrons. The number of esters is 1. The van der Waals surface area contributed by atoms with Crippen LogP contribution in [0, 0.1) is 5.92 Å². The molecule has 0 N–H and O–H groups in total. The van der Waals surface area contributed by atoms with Crippen molar-refractivity contribution in [1.29, 1.82) is 0 Å². The average Bonchev–Trinajstić information content (AvgIpc) is 3.33. The molecule has 33 heavy (non-hydrogen) atoms. The highest BCUT2D eigenvalue weighted by Crippen LogP contribution is 2.33. The molecule has 5 rings (SSSR count). The van der Waals surface area contributed by atoms with Gasteiger partial charge in [0, 0.05) is 16.6 Å². The Morgan fingerprint density at radius 3 is 2.70 bits per heavy atom. The van der Waals surface area contributed by atoms with E-state index in [0.29, 0.717) is 17.4 Å². The molecule has 2 aromatic carbocycles. The number of hydrogen-bond acceptors (Lipinski definition) is 7. The first-order valence-corrected chi connectivity index (χ1v) is 11.1. The van der Waals surface area contributed by atoms with E-state index in [1.807, 2.05) is 48.5 Å². The van der Waals surface area contributed by atoms with Gasteiger partial charge in [-0.05, 0) is 68.0 Å². The maximum absolute atomic E-state index is 13.4. The molecular weight excluding hydrogens is 418 g/mol. The Hall–Kier alpha value is -3.74. The summed E-state index contributed by atoms with van der Waals surface area (Å²) in [5.74, 6) is 1.44. The van der Waals surface area contributed by atoms with E-state index in [1.165, 1.54) is 0 Å². The first-order chi connectivity index (χ1) is 16.0. The summed E-state index contributed by atoms with van der Waals surface area (Å²) in [7, 11) is 1.61. The Kier molecular flexibility index (Phi) is 5.54. The summed E-state index contributed by atoms with van der Waals surface area (Å²) in [6.45, 7) is 3.94. The summed E-state index contributed by atoms with van der Waals surface area (Å²) < 4.78 is 16.8. The highest BCUT2D eigenvalue weighted by Gasteiger charge is 2.28. The molecule has 168 valence electrons. The summed E-state index contributed by atoms with van der Waals surface area (Å²) in [6.07, 6.45) is 2.06. The Labute approximate surface area is 191 Å². The van der Waals surface area contributed by atoms with Gasteiger partial charge in [-0.25, -0.2) is 4.79 Å². The monoisotopic (exact) mass is 443 g/mol. The summed E-state index contributed by atoms with van der Waals surface area (Å²) in [5.41, 5.74) is 4.16. The van der Waals surface area contributed by atoms with Crippen molar-refractivity contribution in [3.8, 4) is 17.2 Å². The van der Waals surface area contributed by atoms with Crippen LogP contribution in [0.25, 0.3) is 22.4 Å². The predicted octanol–water partition coefficient (Wildman–Crippen LogP) is 5.34. The van der Waals surface area contributed by atoms with Crippen LogP contribution in [-0.2, 0) is 17.6 Å². The number of ether oxygens (including phenoxy) is 2. The molecule has 2 unspecified atom stereocenters. The van der Waals surface area contributed by atoms with Gasteiger partial charge in [0.05, 0.1) is 18.2 Å². The molecule has 1 aliphatic carbocycles. The normalized spacial score (nSPS) is 16.3. The standard InChI is InChI=1S/C26H25N3O4/c1-15-8-13-22-20(14-15)23(19-6-4-5-7-21(19)27-22)26(30)32-16(2)24-28-29-25(33-24)17-9-11-18(31-3)12-10-17/h4-7,9-12,15-16H,8,13-14H2,1-3H3. The van der Waals surface area contributed by atoms with E-state index in [1.54, 1.807) is 14.0 Å². The first-order valence-electron chi connectivity index (χ1n) is 11.1. The summed E-state index contributed by atoms with van der Waals surface area (Å²) in [5, 5.41) is 9.03. The van der Waals surface area contributed by atoms with E-state index in [2.05, 4.69) is 17.1 Å². The molecule has 0 saturated heterocycles. The van der Waals surface area contributed by atoms with Crippen molar-refractivity contribution in [1.82, 2.24) is 15.2 Å². The molecule has 1 aliphatic rings. The lowest BCUT2D eigenvalue weighted by atomic mass is 9.84. The van der Waals surface area contributed by atoms with Gasteiger partial charge in [0.1, 0.15) is 5.75 Å². The number of carbonyl (C=O) groups is 1. The maximum atomic E-state index is 13.4. The maximum Gasteiger partial charge on any atom is 0.339 e. The predicted molar refractivity (Wildman–Crippen MR) is 123 cm³/mol. The molecule has 0 amide bonds. The van der Waals surface area contributed by atoms with Gasteiger partial charge in [0.15, 0.2) is 6.10 Å². The minimum Gasteiger partial charge on any atom is -0.497 e. The van der Waals surface area contributed by atoms with Crippen LogP contribution in [0.4, 0.5) is 0 Å². The molecule has 0 aliphatic heterocycles. The zero-order valence-corrected chi connectivity index (χ0v) is 18.9. The molecule has 7 nitrogen and oxygen atoms in total. The lowest BCUT2D eigenvalue weighted by Gasteiger charge is -2.24. The quantitative estimate of drug-likeness (QED) is 0.385. The molecular formula is C26H25N3O4. The first kappa shape index (κ1) is 21.1. The molecule has 0 spiro atoms. The highest BCUT2D eigenvalue weighted by atomic mass is 16.6. The van der Waals surface area contributed by atoms with Crippen LogP contribution in [0.1, 0.15) is 53.9 Å². The topological polar surface area (TPSA) is 87.3 Å². The molecule has 2 atom stereocenters. The number of para-hydroxylation sites is 1. The number of hydrogen-bond donors (Lipinski definition) is 0. The number of pyridine rings is 1. The van der Waals surface area contributed by atoms with Crippen LogP contribution in [0.5, 0.6) is 5.75 Å². The van der Waals surface area contributed by atoms with Gasteiger partial charge in [-0.3, -0.25) is 4.98 Å². The highest BCUT2D eigenvalue weighted by molar-refractivity contribution is 6.05. The van der Waals surface area contributed by atoms with E-state index in [-0.39, 0.29) is 5.89 Å². The van der Waals surface area contributed by atoms with Gasteiger partial charge in [0.2, 0.25) is 5.89 Å². The largest absolute Gasteiger partial charge is 0.497 e. The number of carbonyl (C=O) groups excluding carboxylic acids is 1. The Morgan fingerprint density at radius 1 is 1.12 bits per heavy atom. The van der Waals surface area contributed by atoms with E-state index in [9.17, 15) is 4.79 Å². The fourth-order valence-corrected chi connectivity index (χ4v) is 4.31. The van der Waals surface area contributed by atoms with Crippen LogP contribution >= 0.6 is 0 Å². The number of methoxy groups -OCH3 is 1. The third-order valence-corrected chi connectivity index (χ3v) is 6.12. The van der Waals surface area contributed by atoms with Gasteiger partial charge in [0.25, 0.3) is 5.89 Å². The Morgan fingerprint density at radius 2 is 1.91 bits per heavy atom. The van der Waals surface area contributed by atoms with Crippen molar-refractivity contribution in [2.75, 3.05) is 7.11 Å². The van der Waals surface area contributed by atoms with Crippen LogP contribution in [0.2, 0.25) is 0 Å². The van der Waals surface area contributed by atoms with E-state index >= 15 is 0 Å². The second-order valence-electron chi connectivity index (χ2n) is 8.50. The summed E-state index contributed by atoms with van der Waals surface area (Å²) >= 11 is 0. The number of rotatable bonds is 5. The van der Waals surface area contributed by atoms with Crippen molar-refractivity contribution in [3.63, 3.8) is 0 Å². The molecule has 2 heterocycles. The average molecular weight is 444 g/mol. The molecule has 4 aromatic rings. The minimum absolute atomic E-state index is 0.245. The van der Waals surface area contributed by atoms with E-state index in [4.69, 9.17) is 18.9 Å². The lowest BCUT2D eigenvalue weighted by molar-refractivity contribution is 0.0280. The van der Waals surface area contributed by atoms with Crippen molar-refractivity contribution in [3.05, 3.63) is 71.2 Å². The molecule has 0 fully saturated rings. The second kappa shape index (κ2) is 8.65. The van der Waals surface area contributed by atoms with Gasteiger partial charge in [-0.15, -0.1) is 10.2 Å². The van der Waals surface area contributed by atoms with Gasteiger partial charge < -0.3 is 13.9 Å². The van der Waals surface area contributed by atoms with Crippen LogP contribution in [0.3, 0.4) is 0 Å². The number of nitrogens with zero attached hydrogens (tertiary/aromatic N) is 3. The summed E-state index contributed by atoms with van der Waals surface area (Å²) in [6, 6.07) is 15.0. The fraction of sp³-hybridized carbons (Fsp3) is 0.308. The van der Waals surface area contributed by atoms with Crippen LogP contribution in [0.15, 0.2) is 52.9 Å². The van der Waals surface area contributed by atoms with Gasteiger partial charge in [-0.2, -0.15) is 0 Å². The van der Waals surface area contributed by atoms with E-state index < -0.39 is 12.1 Å². The third kappa shape index (κ3) is 4.06. The molecule has 7 heteroatoms. The van der Waals surface area contributed by atoms with Crippen LogP contribution < -0.4 is 4.74 Å². The fourth-order valence-electron chi connectivity index (χ4n) is 4.31. The zero-order chi connectivity index (χ0) is 22.9. The third-order valence-electron chi connectivity index (χ3n) is 6.12. The molecule has 2 aromatic heterocycles. The number of fused-ring (bicyclic) bond motifs is 2. The smallest absolute Gasteiger partial charge is 0.339 e. The number of aryl methyl sites for hydroxylation is 1. The summed E-state index contributed by atoms with van der Waals surface area (Å²) in [4.78, 5) is 18.2.